The van der Waals surface area contributed by atoms with Crippen molar-refractivity contribution in [1.82, 2.24) is 0 Å². The zero-order chi connectivity index (χ0) is 21.3. The van der Waals surface area contributed by atoms with E-state index in [4.69, 9.17) is 10.5 Å². The van der Waals surface area contributed by atoms with Crippen LogP contribution >= 0.6 is 11.3 Å². The van der Waals surface area contributed by atoms with E-state index in [0.717, 1.165) is 28.8 Å². The molecule has 0 aliphatic heterocycles. The van der Waals surface area contributed by atoms with Gasteiger partial charge in [-0.15, -0.1) is 11.3 Å². The number of benzene rings is 2. The molecule has 1 heterocycles. The van der Waals surface area contributed by atoms with Gasteiger partial charge < -0.3 is 15.8 Å². The third kappa shape index (κ3) is 3.65. The fourth-order valence-corrected chi connectivity index (χ4v) is 4.73. The maximum atomic E-state index is 12.6. The largest absolute Gasteiger partial charge is 0.449 e. The molecule has 3 aromatic rings. The molecule has 1 aliphatic rings. The Bertz CT molecular complexity index is 1180. The van der Waals surface area contributed by atoms with Gasteiger partial charge in [-0.3, -0.25) is 4.79 Å². The summed E-state index contributed by atoms with van der Waals surface area (Å²) >= 11 is 1.38. The van der Waals surface area contributed by atoms with Crippen LogP contribution in [0.15, 0.2) is 48.5 Å². The molecule has 4 rings (SSSR count). The van der Waals surface area contributed by atoms with Gasteiger partial charge in [-0.1, -0.05) is 24.3 Å². The van der Waals surface area contributed by atoms with E-state index < -0.39 is 18.0 Å². The molecule has 0 spiro atoms. The monoisotopic (exact) mass is 417 g/mol. The minimum atomic E-state index is -1.02. The first-order chi connectivity index (χ1) is 14.5. The van der Waals surface area contributed by atoms with Gasteiger partial charge in [0.15, 0.2) is 6.10 Å². The lowest BCUT2D eigenvalue weighted by atomic mass is 9.90. The first-order valence-electron chi connectivity index (χ1n) is 9.49. The summed E-state index contributed by atoms with van der Waals surface area (Å²) < 4.78 is 5.27. The Morgan fingerprint density at radius 3 is 2.63 bits per heavy atom. The van der Waals surface area contributed by atoms with Crippen LogP contribution in [0.5, 0.6) is 0 Å². The highest BCUT2D eigenvalue weighted by Gasteiger charge is 2.27. The fourth-order valence-electron chi connectivity index (χ4n) is 3.46. The van der Waals surface area contributed by atoms with E-state index >= 15 is 0 Å². The van der Waals surface area contributed by atoms with Gasteiger partial charge in [0, 0.05) is 10.6 Å². The van der Waals surface area contributed by atoms with E-state index in [9.17, 15) is 14.9 Å². The number of hydrogen-bond acceptors (Lipinski definition) is 6. The van der Waals surface area contributed by atoms with Crippen LogP contribution in [0.2, 0.25) is 0 Å². The van der Waals surface area contributed by atoms with Crippen molar-refractivity contribution >= 4 is 33.9 Å². The second-order valence-corrected chi connectivity index (χ2v) is 8.06. The number of nitriles is 1. The van der Waals surface area contributed by atoms with Crippen molar-refractivity contribution in [3.05, 3.63) is 70.8 Å². The average molecular weight is 417 g/mol. The van der Waals surface area contributed by atoms with E-state index in [0.29, 0.717) is 21.8 Å². The number of nitrogens with zero attached hydrogens (tertiary/aromatic N) is 1. The summed E-state index contributed by atoms with van der Waals surface area (Å²) in [6.45, 7) is 1.50. The Labute approximate surface area is 177 Å². The number of carbonyl (C=O) groups is 2. The number of carbonyl (C=O) groups excluding carboxylic acids is 2. The summed E-state index contributed by atoms with van der Waals surface area (Å²) in [4.78, 5) is 25.9. The molecule has 30 heavy (non-hydrogen) atoms. The molecule has 0 fully saturated rings. The Balaban J connectivity index is 1.52. The lowest BCUT2D eigenvalue weighted by molar-refractivity contribution is -0.123. The molecule has 1 unspecified atom stereocenters. The highest BCUT2D eigenvalue weighted by molar-refractivity contribution is 7.20. The van der Waals surface area contributed by atoms with Crippen LogP contribution in [-0.2, 0) is 22.4 Å². The van der Waals surface area contributed by atoms with Crippen molar-refractivity contribution in [1.29, 1.82) is 5.26 Å². The molecule has 0 bridgehead atoms. The van der Waals surface area contributed by atoms with Crippen molar-refractivity contribution in [2.45, 2.75) is 25.9 Å². The van der Waals surface area contributed by atoms with Gasteiger partial charge in [0.2, 0.25) is 0 Å². The smallest absolute Gasteiger partial charge is 0.338 e. The number of rotatable bonds is 4. The summed E-state index contributed by atoms with van der Waals surface area (Å²) in [5.74, 6) is -1.10. The minimum absolute atomic E-state index is 0.310. The van der Waals surface area contributed by atoms with Crippen LogP contribution in [0.4, 0.5) is 10.7 Å². The second-order valence-electron chi connectivity index (χ2n) is 7.04. The quantitative estimate of drug-likeness (QED) is 0.490. The Morgan fingerprint density at radius 1 is 1.17 bits per heavy atom. The molecule has 0 radical (unpaired) electrons. The van der Waals surface area contributed by atoms with Crippen molar-refractivity contribution in [3.63, 3.8) is 0 Å². The average Bonchev–Trinajstić information content (AvgIpc) is 3.11. The van der Waals surface area contributed by atoms with E-state index in [-0.39, 0.29) is 0 Å². The number of aryl methyl sites for hydroxylation is 1. The molecule has 1 atom stereocenters. The Morgan fingerprint density at radius 2 is 1.90 bits per heavy atom. The normalized spacial score (nSPS) is 12.8. The number of thiophene rings is 1. The summed E-state index contributed by atoms with van der Waals surface area (Å²) in [5.41, 5.74) is 10.2. The van der Waals surface area contributed by atoms with Gasteiger partial charge in [0.1, 0.15) is 11.1 Å². The number of ether oxygens (including phenoxy) is 1. The zero-order valence-corrected chi connectivity index (χ0v) is 17.1. The predicted octanol–water partition coefficient (Wildman–Crippen LogP) is 4.15. The van der Waals surface area contributed by atoms with E-state index in [2.05, 4.69) is 17.5 Å². The maximum Gasteiger partial charge on any atom is 0.338 e. The lowest BCUT2D eigenvalue weighted by Crippen LogP contribution is -2.30. The van der Waals surface area contributed by atoms with E-state index in [1.807, 2.05) is 18.2 Å². The van der Waals surface area contributed by atoms with Crippen LogP contribution in [0.1, 0.15) is 34.0 Å². The van der Waals surface area contributed by atoms with Gasteiger partial charge in [-0.25, -0.2) is 4.79 Å². The predicted molar refractivity (Wildman–Crippen MR) is 116 cm³/mol. The number of nitrogen functional groups attached to an aromatic ring is 1. The fraction of sp³-hybridized carbons (Fsp3) is 0.174. The molecule has 2 aromatic carbocycles. The molecular weight excluding hydrogens is 398 g/mol. The highest BCUT2D eigenvalue weighted by atomic mass is 32.1. The molecule has 3 N–H and O–H groups in total. The molecular formula is C23H19N3O3S. The molecule has 6 nitrogen and oxygen atoms in total. The van der Waals surface area contributed by atoms with Crippen LogP contribution in [0.25, 0.3) is 10.4 Å². The number of nitrogens with one attached hydrogen (secondary N) is 1. The minimum Gasteiger partial charge on any atom is -0.449 e. The van der Waals surface area contributed by atoms with E-state index in [1.165, 1.54) is 23.8 Å². The first kappa shape index (κ1) is 19.7. The molecule has 0 saturated heterocycles. The van der Waals surface area contributed by atoms with Gasteiger partial charge in [-0.05, 0) is 60.7 Å². The van der Waals surface area contributed by atoms with Crippen LogP contribution in [-0.4, -0.2) is 18.0 Å². The standard InChI is InChI=1S/C23H19N3O3S/c1-13(29-23(28)15-6-9-16(25)10-7-15)21(27)26-22-19(12-24)18-11-8-14-4-2-3-5-17(14)20(18)30-22/h2-7,9-10,13H,8,11,25H2,1H3,(H,26,27). The topological polar surface area (TPSA) is 105 Å². The Hall–Kier alpha value is -3.63. The van der Waals surface area contributed by atoms with Crippen molar-refractivity contribution in [3.8, 4) is 16.5 Å². The van der Waals surface area contributed by atoms with E-state index in [1.54, 1.807) is 24.3 Å². The van der Waals surface area contributed by atoms with Gasteiger partial charge >= 0.3 is 5.97 Å². The first-order valence-corrected chi connectivity index (χ1v) is 10.3. The summed E-state index contributed by atoms with van der Waals surface area (Å²) in [7, 11) is 0. The number of anilines is 2. The number of amides is 1. The highest BCUT2D eigenvalue weighted by Crippen LogP contribution is 2.44. The van der Waals surface area contributed by atoms with Gasteiger partial charge in [-0.2, -0.15) is 5.26 Å². The number of esters is 1. The molecule has 0 saturated carbocycles. The lowest BCUT2D eigenvalue weighted by Gasteiger charge is -2.15. The third-order valence-corrected chi connectivity index (χ3v) is 6.24. The van der Waals surface area contributed by atoms with Crippen LogP contribution in [0, 0.1) is 11.3 Å². The number of hydrogen-bond donors (Lipinski definition) is 2. The molecule has 1 amide bonds. The van der Waals surface area contributed by atoms with Gasteiger partial charge in [0.25, 0.3) is 5.91 Å². The SMILES string of the molecule is CC(OC(=O)c1ccc(N)cc1)C(=O)Nc1sc2c(c1C#N)CCc1ccccc1-2. The molecule has 1 aliphatic carbocycles. The number of fused-ring (bicyclic) bond motifs is 3. The molecule has 150 valence electrons. The maximum absolute atomic E-state index is 12.6. The van der Waals surface area contributed by atoms with Crippen molar-refractivity contribution < 1.29 is 14.3 Å². The van der Waals surface area contributed by atoms with Crippen LogP contribution < -0.4 is 11.1 Å². The second kappa shape index (κ2) is 8.01. The summed E-state index contributed by atoms with van der Waals surface area (Å²) in [6, 6.07) is 16.6. The third-order valence-electron chi connectivity index (χ3n) is 5.06. The van der Waals surface area contributed by atoms with Crippen molar-refractivity contribution in [2.24, 2.45) is 0 Å². The molecule has 7 heteroatoms. The zero-order valence-electron chi connectivity index (χ0n) is 16.3. The molecule has 1 aromatic heterocycles. The summed E-state index contributed by atoms with van der Waals surface area (Å²) in [6.07, 6.45) is 0.592. The van der Waals surface area contributed by atoms with Gasteiger partial charge in [0.05, 0.1) is 11.1 Å². The number of nitrogens with two attached hydrogens (primary N) is 1. The summed E-state index contributed by atoms with van der Waals surface area (Å²) in [5, 5.41) is 12.9. The van der Waals surface area contributed by atoms with Crippen LogP contribution in [0.3, 0.4) is 0 Å². The van der Waals surface area contributed by atoms with Crippen molar-refractivity contribution in [2.75, 3.05) is 11.1 Å². The Kier molecular flexibility index (Phi) is 5.25.